The number of pyridine rings is 1. The third kappa shape index (κ3) is 2.70. The van der Waals surface area contributed by atoms with Crippen molar-refractivity contribution in [3.63, 3.8) is 0 Å². The van der Waals surface area contributed by atoms with Crippen LogP contribution in [-0.4, -0.2) is 22.4 Å². The van der Waals surface area contributed by atoms with Gasteiger partial charge in [0.1, 0.15) is 11.6 Å². The van der Waals surface area contributed by atoms with E-state index >= 15 is 0 Å². The molecule has 0 saturated heterocycles. The number of aromatic nitrogens is 2. The Hall–Kier alpha value is -2.69. The molecule has 5 heteroatoms. The quantitative estimate of drug-likeness (QED) is 0.742. The molecule has 118 valence electrons. The number of hydrogen-bond donors (Lipinski definition) is 1. The smallest absolute Gasteiger partial charge is 0.124 e. The molecule has 0 aliphatic carbocycles. The molecular weight excluding hydrogens is 293 g/mol. The van der Waals surface area contributed by atoms with Gasteiger partial charge in [-0.05, 0) is 43.7 Å². The molecule has 1 N–H and O–H groups in total. The van der Waals surface area contributed by atoms with Gasteiger partial charge in [-0.25, -0.2) is 4.39 Å². The van der Waals surface area contributed by atoms with Crippen LogP contribution in [0.3, 0.4) is 0 Å². The fourth-order valence-electron chi connectivity index (χ4n) is 2.84. The van der Waals surface area contributed by atoms with Crippen molar-refractivity contribution >= 4 is 16.7 Å². The number of ether oxygens (including phenoxy) is 1. The largest absolute Gasteiger partial charge is 0.496 e. The van der Waals surface area contributed by atoms with E-state index in [1.54, 1.807) is 26.3 Å². The van der Waals surface area contributed by atoms with Crippen molar-refractivity contribution in [2.45, 2.75) is 20.4 Å². The molecule has 0 saturated carbocycles. The average molecular weight is 311 g/mol. The molecule has 0 amide bonds. The van der Waals surface area contributed by atoms with E-state index in [-0.39, 0.29) is 5.82 Å². The van der Waals surface area contributed by atoms with Gasteiger partial charge in [0.2, 0.25) is 0 Å². The monoisotopic (exact) mass is 311 g/mol. The number of methoxy groups -OCH3 is 1. The van der Waals surface area contributed by atoms with E-state index in [0.29, 0.717) is 18.0 Å². The third-order valence-corrected chi connectivity index (χ3v) is 3.94. The van der Waals surface area contributed by atoms with Crippen molar-refractivity contribution in [2.24, 2.45) is 0 Å². The van der Waals surface area contributed by atoms with Crippen LogP contribution in [0.25, 0.3) is 11.0 Å². The molecule has 23 heavy (non-hydrogen) atoms. The number of fused-ring (bicyclic) bond motifs is 1. The third-order valence-electron chi connectivity index (χ3n) is 3.94. The maximum Gasteiger partial charge on any atom is 0.124 e. The number of benzene rings is 1. The van der Waals surface area contributed by atoms with Crippen LogP contribution in [0, 0.1) is 18.2 Å². The molecule has 2 aromatic heterocycles. The summed E-state index contributed by atoms with van der Waals surface area (Å²) < 4.78 is 20.9. The molecule has 0 spiro atoms. The van der Waals surface area contributed by atoms with Gasteiger partial charge in [0, 0.05) is 29.2 Å². The lowest BCUT2D eigenvalue weighted by atomic mass is 10.1. The summed E-state index contributed by atoms with van der Waals surface area (Å²) >= 11 is 0. The summed E-state index contributed by atoms with van der Waals surface area (Å²) in [4.78, 5) is 4.42. The van der Waals surface area contributed by atoms with Gasteiger partial charge >= 0.3 is 0 Å². The number of rotatable bonds is 4. The Labute approximate surface area is 134 Å². The highest BCUT2D eigenvalue weighted by molar-refractivity contribution is 6.07. The minimum atomic E-state index is -0.296. The zero-order chi connectivity index (χ0) is 16.6. The SMILES string of the molecule is COc1ccc(F)cc1Cn1cc(C(C)=N)c2nccc(C)c21. The van der Waals surface area contributed by atoms with Crippen LogP contribution in [0.15, 0.2) is 36.7 Å². The van der Waals surface area contributed by atoms with Crippen molar-refractivity contribution in [1.82, 2.24) is 9.55 Å². The molecule has 4 nitrogen and oxygen atoms in total. The van der Waals surface area contributed by atoms with Gasteiger partial charge in [0.15, 0.2) is 0 Å². The van der Waals surface area contributed by atoms with Gasteiger partial charge < -0.3 is 14.7 Å². The van der Waals surface area contributed by atoms with E-state index in [9.17, 15) is 4.39 Å². The number of nitrogens with one attached hydrogen (secondary N) is 1. The van der Waals surface area contributed by atoms with Crippen molar-refractivity contribution in [2.75, 3.05) is 7.11 Å². The van der Waals surface area contributed by atoms with E-state index in [1.807, 2.05) is 23.8 Å². The van der Waals surface area contributed by atoms with Crippen molar-refractivity contribution < 1.29 is 9.13 Å². The fraction of sp³-hybridized carbons (Fsp3) is 0.222. The van der Waals surface area contributed by atoms with Gasteiger partial charge in [-0.2, -0.15) is 0 Å². The number of halogens is 1. The molecule has 3 aromatic rings. The summed E-state index contributed by atoms with van der Waals surface area (Å²) in [5.74, 6) is 0.346. The van der Waals surface area contributed by atoms with Crippen LogP contribution in [-0.2, 0) is 6.54 Å². The second kappa shape index (κ2) is 5.83. The van der Waals surface area contributed by atoms with Crippen molar-refractivity contribution in [3.05, 3.63) is 59.2 Å². The van der Waals surface area contributed by atoms with Gasteiger partial charge in [-0.1, -0.05) is 0 Å². The minimum absolute atomic E-state index is 0.296. The van der Waals surface area contributed by atoms with Crippen molar-refractivity contribution in [1.29, 1.82) is 5.41 Å². The van der Waals surface area contributed by atoms with E-state index < -0.39 is 0 Å². The predicted octanol–water partition coefficient (Wildman–Crippen LogP) is 3.93. The summed E-state index contributed by atoms with van der Waals surface area (Å²) in [6.07, 6.45) is 3.65. The molecule has 0 aliphatic rings. The van der Waals surface area contributed by atoms with Crippen LogP contribution >= 0.6 is 0 Å². The van der Waals surface area contributed by atoms with E-state index in [2.05, 4.69) is 4.98 Å². The Bertz CT molecular complexity index is 899. The second-order valence-electron chi connectivity index (χ2n) is 5.58. The highest BCUT2D eigenvalue weighted by Gasteiger charge is 2.15. The van der Waals surface area contributed by atoms with Crippen molar-refractivity contribution in [3.8, 4) is 5.75 Å². The molecule has 0 unspecified atom stereocenters. The summed E-state index contributed by atoms with van der Waals surface area (Å²) in [5.41, 5.74) is 4.82. The summed E-state index contributed by atoms with van der Waals surface area (Å²) in [7, 11) is 1.57. The molecule has 2 heterocycles. The zero-order valence-electron chi connectivity index (χ0n) is 13.4. The van der Waals surface area contributed by atoms with Crippen LogP contribution in [0.1, 0.15) is 23.6 Å². The summed E-state index contributed by atoms with van der Waals surface area (Å²) in [6, 6.07) is 6.43. The maximum absolute atomic E-state index is 13.6. The Morgan fingerprint density at radius 1 is 1.35 bits per heavy atom. The lowest BCUT2D eigenvalue weighted by molar-refractivity contribution is 0.407. The Morgan fingerprint density at radius 2 is 2.13 bits per heavy atom. The van der Waals surface area contributed by atoms with Gasteiger partial charge in [-0.3, -0.25) is 4.98 Å². The molecule has 0 bridgehead atoms. The van der Waals surface area contributed by atoms with Gasteiger partial charge in [-0.15, -0.1) is 0 Å². The van der Waals surface area contributed by atoms with Gasteiger partial charge in [0.05, 0.1) is 24.7 Å². The first-order chi connectivity index (χ1) is 11.0. The molecule has 0 radical (unpaired) electrons. The Kier molecular flexibility index (Phi) is 3.86. The molecular formula is C18H18FN3O. The predicted molar refractivity (Wildman–Crippen MR) is 89.0 cm³/mol. The fourth-order valence-corrected chi connectivity index (χ4v) is 2.84. The van der Waals surface area contributed by atoms with E-state index in [1.165, 1.54) is 12.1 Å². The standard InChI is InChI=1S/C18H18FN3O/c1-11-6-7-21-17-15(12(2)20)10-22(18(11)17)9-13-8-14(19)4-5-16(13)23-3/h4-8,10,20H,9H2,1-3H3. The highest BCUT2D eigenvalue weighted by atomic mass is 19.1. The summed E-state index contributed by atoms with van der Waals surface area (Å²) in [5, 5.41) is 7.96. The molecule has 0 atom stereocenters. The van der Waals surface area contributed by atoms with Crippen LogP contribution in [0.2, 0.25) is 0 Å². The molecule has 3 rings (SSSR count). The van der Waals surface area contributed by atoms with Crippen LogP contribution in [0.4, 0.5) is 4.39 Å². The normalized spacial score (nSPS) is 11.0. The lowest BCUT2D eigenvalue weighted by Crippen LogP contribution is -2.02. The van der Waals surface area contributed by atoms with Crippen LogP contribution in [0.5, 0.6) is 5.75 Å². The average Bonchev–Trinajstić information content (AvgIpc) is 2.88. The highest BCUT2D eigenvalue weighted by Crippen LogP contribution is 2.26. The first-order valence-corrected chi connectivity index (χ1v) is 7.33. The second-order valence-corrected chi connectivity index (χ2v) is 5.58. The Morgan fingerprint density at radius 3 is 2.83 bits per heavy atom. The Balaban J connectivity index is 2.18. The molecule has 0 aliphatic heterocycles. The molecule has 1 aromatic carbocycles. The zero-order valence-corrected chi connectivity index (χ0v) is 13.4. The maximum atomic E-state index is 13.6. The number of nitrogens with zero attached hydrogens (tertiary/aromatic N) is 2. The first kappa shape index (κ1) is 15.2. The number of aryl methyl sites for hydroxylation is 1. The van der Waals surface area contributed by atoms with Crippen LogP contribution < -0.4 is 4.74 Å². The first-order valence-electron chi connectivity index (χ1n) is 7.33. The molecule has 0 fully saturated rings. The van der Waals surface area contributed by atoms with Gasteiger partial charge in [0.25, 0.3) is 0 Å². The van der Waals surface area contributed by atoms with E-state index in [0.717, 1.165) is 27.7 Å². The minimum Gasteiger partial charge on any atom is -0.496 e. The lowest BCUT2D eigenvalue weighted by Gasteiger charge is -2.11. The topological polar surface area (TPSA) is 50.9 Å². The van der Waals surface area contributed by atoms with E-state index in [4.69, 9.17) is 10.1 Å². The summed E-state index contributed by atoms with van der Waals surface area (Å²) in [6.45, 7) is 4.20. The number of hydrogen-bond acceptors (Lipinski definition) is 3.